The number of allylic oxidation sites excluding steroid dienone is 2. The standard InChI is InChI=1S/C18H25Cl2N5S/c19-15-14(5-4-8-21-16(15)20)17-22-18(26-23-17)25-11-6-13(7-12-25)24-9-2-1-3-10-24/h4-5,13,16,21H,1-3,6-12H2. The number of nitrogens with zero attached hydrogens (tertiary/aromatic N) is 4. The molecule has 1 unspecified atom stereocenters. The van der Waals surface area contributed by atoms with Gasteiger partial charge >= 0.3 is 0 Å². The zero-order valence-electron chi connectivity index (χ0n) is 14.8. The summed E-state index contributed by atoms with van der Waals surface area (Å²) in [7, 11) is 0. The van der Waals surface area contributed by atoms with Crippen LogP contribution in [0.2, 0.25) is 0 Å². The molecule has 1 aromatic rings. The molecule has 0 bridgehead atoms. The van der Waals surface area contributed by atoms with Crippen molar-refractivity contribution in [1.29, 1.82) is 0 Å². The number of hydrogen-bond acceptors (Lipinski definition) is 6. The summed E-state index contributed by atoms with van der Waals surface area (Å²) in [6, 6.07) is 0.740. The number of rotatable bonds is 3. The molecule has 0 radical (unpaired) electrons. The molecule has 5 nitrogen and oxygen atoms in total. The van der Waals surface area contributed by atoms with Crippen molar-refractivity contribution in [2.24, 2.45) is 0 Å². The van der Waals surface area contributed by atoms with Crippen LogP contribution in [0.5, 0.6) is 0 Å². The third-order valence-electron chi connectivity index (χ3n) is 5.48. The predicted octanol–water partition coefficient (Wildman–Crippen LogP) is 3.67. The summed E-state index contributed by atoms with van der Waals surface area (Å²) < 4.78 is 4.55. The van der Waals surface area contributed by atoms with Gasteiger partial charge in [0.25, 0.3) is 0 Å². The van der Waals surface area contributed by atoms with Crippen LogP contribution >= 0.6 is 34.7 Å². The van der Waals surface area contributed by atoms with E-state index in [-0.39, 0.29) is 0 Å². The molecule has 1 N–H and O–H groups in total. The highest BCUT2D eigenvalue weighted by atomic mass is 35.5. The van der Waals surface area contributed by atoms with Crippen LogP contribution in [-0.2, 0) is 0 Å². The van der Waals surface area contributed by atoms with Crippen molar-refractivity contribution in [1.82, 2.24) is 19.6 Å². The molecule has 3 aliphatic heterocycles. The van der Waals surface area contributed by atoms with Crippen LogP contribution in [0.1, 0.15) is 37.9 Å². The molecule has 1 aromatic heterocycles. The summed E-state index contributed by atoms with van der Waals surface area (Å²) in [6.07, 6.45) is 10.5. The van der Waals surface area contributed by atoms with Crippen molar-refractivity contribution in [3.8, 4) is 0 Å². The quantitative estimate of drug-likeness (QED) is 0.604. The largest absolute Gasteiger partial charge is 0.347 e. The summed E-state index contributed by atoms with van der Waals surface area (Å²) in [5.74, 6) is 0.679. The van der Waals surface area contributed by atoms with Gasteiger partial charge in [-0.25, -0.2) is 0 Å². The third-order valence-corrected chi connectivity index (χ3v) is 7.16. The molecule has 26 heavy (non-hydrogen) atoms. The van der Waals surface area contributed by atoms with Crippen molar-refractivity contribution >= 4 is 45.4 Å². The highest BCUT2D eigenvalue weighted by molar-refractivity contribution is 7.09. The fourth-order valence-electron chi connectivity index (χ4n) is 3.99. The highest BCUT2D eigenvalue weighted by Crippen LogP contribution is 2.31. The predicted molar refractivity (Wildman–Crippen MR) is 110 cm³/mol. The van der Waals surface area contributed by atoms with Crippen molar-refractivity contribution in [2.75, 3.05) is 37.6 Å². The molecule has 4 rings (SSSR count). The van der Waals surface area contributed by atoms with E-state index in [0.717, 1.165) is 29.8 Å². The third kappa shape index (κ3) is 4.09. The van der Waals surface area contributed by atoms with Gasteiger partial charge in [0.15, 0.2) is 5.82 Å². The molecular formula is C18H25Cl2N5S. The minimum atomic E-state index is -0.395. The van der Waals surface area contributed by atoms with E-state index in [1.165, 1.54) is 56.7 Å². The van der Waals surface area contributed by atoms with E-state index in [2.05, 4.69) is 19.5 Å². The first-order valence-electron chi connectivity index (χ1n) is 9.49. The molecule has 4 heterocycles. The van der Waals surface area contributed by atoms with Crippen molar-refractivity contribution in [2.45, 2.75) is 43.6 Å². The number of piperidine rings is 2. The number of likely N-dealkylation sites (tertiary alicyclic amines) is 1. The van der Waals surface area contributed by atoms with Crippen molar-refractivity contribution in [3.63, 3.8) is 0 Å². The Balaban J connectivity index is 1.42. The summed E-state index contributed by atoms with van der Waals surface area (Å²) in [5.41, 5.74) is 0.427. The molecular weight excluding hydrogens is 389 g/mol. The molecule has 0 spiro atoms. The van der Waals surface area contributed by atoms with E-state index in [9.17, 15) is 0 Å². The topological polar surface area (TPSA) is 44.3 Å². The van der Waals surface area contributed by atoms with Gasteiger partial charge in [-0.2, -0.15) is 9.36 Å². The fourth-order valence-corrected chi connectivity index (χ4v) is 5.16. The number of aromatic nitrogens is 2. The van der Waals surface area contributed by atoms with Crippen LogP contribution in [0.25, 0.3) is 5.57 Å². The van der Waals surface area contributed by atoms with E-state index in [0.29, 0.717) is 17.4 Å². The van der Waals surface area contributed by atoms with Gasteiger partial charge in [-0.1, -0.05) is 41.8 Å². The Morgan fingerprint density at radius 3 is 2.65 bits per heavy atom. The normalized spacial score (nSPS) is 26.4. The number of alkyl halides is 1. The number of nitrogens with one attached hydrogen (secondary N) is 1. The van der Waals surface area contributed by atoms with Crippen LogP contribution in [0.4, 0.5) is 5.13 Å². The SMILES string of the molecule is ClC1=C(c2nsc(N3CCC(N4CCCCC4)CC3)n2)C=CCNC1Cl. The maximum Gasteiger partial charge on any atom is 0.205 e. The highest BCUT2D eigenvalue weighted by Gasteiger charge is 2.27. The number of anilines is 1. The van der Waals surface area contributed by atoms with Crippen LogP contribution in [0, 0.1) is 0 Å². The number of halogens is 2. The maximum absolute atomic E-state index is 6.41. The minimum Gasteiger partial charge on any atom is -0.347 e. The maximum atomic E-state index is 6.41. The van der Waals surface area contributed by atoms with Gasteiger partial charge in [0, 0.05) is 42.8 Å². The molecule has 2 saturated heterocycles. The average Bonchev–Trinajstić information content (AvgIpc) is 3.11. The first kappa shape index (κ1) is 18.7. The Bertz CT molecular complexity index is 675. The van der Waals surface area contributed by atoms with Crippen molar-refractivity contribution < 1.29 is 0 Å². The smallest absolute Gasteiger partial charge is 0.205 e. The Labute approximate surface area is 169 Å². The van der Waals surface area contributed by atoms with Crippen LogP contribution in [0.3, 0.4) is 0 Å². The lowest BCUT2D eigenvalue weighted by Gasteiger charge is -2.40. The van der Waals surface area contributed by atoms with Crippen LogP contribution in [-0.4, -0.2) is 58.5 Å². The van der Waals surface area contributed by atoms with Gasteiger partial charge in [0.1, 0.15) is 5.50 Å². The van der Waals surface area contributed by atoms with E-state index in [1.54, 1.807) is 0 Å². The lowest BCUT2D eigenvalue weighted by Crippen LogP contribution is -2.46. The summed E-state index contributed by atoms with van der Waals surface area (Å²) in [6.45, 7) is 5.35. The molecule has 0 aliphatic carbocycles. The number of hydrogen-bond donors (Lipinski definition) is 1. The Morgan fingerprint density at radius 1 is 1.12 bits per heavy atom. The second-order valence-corrected chi connectivity index (χ2v) is 8.72. The Morgan fingerprint density at radius 2 is 1.88 bits per heavy atom. The monoisotopic (exact) mass is 413 g/mol. The summed E-state index contributed by atoms with van der Waals surface area (Å²) in [4.78, 5) is 9.82. The van der Waals surface area contributed by atoms with Crippen molar-refractivity contribution in [3.05, 3.63) is 23.0 Å². The van der Waals surface area contributed by atoms with E-state index in [1.807, 2.05) is 12.2 Å². The average molecular weight is 414 g/mol. The lowest BCUT2D eigenvalue weighted by molar-refractivity contribution is 0.141. The molecule has 8 heteroatoms. The van der Waals surface area contributed by atoms with Gasteiger partial charge in [-0.15, -0.1) is 0 Å². The Kier molecular flexibility index (Phi) is 6.16. The molecule has 0 amide bonds. The summed E-state index contributed by atoms with van der Waals surface area (Å²) >= 11 is 14.1. The molecule has 1 atom stereocenters. The molecule has 0 saturated carbocycles. The van der Waals surface area contributed by atoms with E-state index < -0.39 is 5.50 Å². The molecule has 3 aliphatic rings. The Hall–Kier alpha value is -0.660. The van der Waals surface area contributed by atoms with E-state index in [4.69, 9.17) is 28.2 Å². The molecule has 142 valence electrons. The van der Waals surface area contributed by atoms with Crippen LogP contribution < -0.4 is 10.2 Å². The lowest BCUT2D eigenvalue weighted by atomic mass is 10.0. The van der Waals surface area contributed by atoms with Gasteiger partial charge in [0.2, 0.25) is 5.13 Å². The second kappa shape index (κ2) is 8.57. The minimum absolute atomic E-state index is 0.395. The summed E-state index contributed by atoms with van der Waals surface area (Å²) in [5, 5.41) is 4.68. The van der Waals surface area contributed by atoms with Gasteiger partial charge in [-0.05, 0) is 38.8 Å². The first-order chi connectivity index (χ1) is 12.7. The second-order valence-electron chi connectivity index (χ2n) is 7.15. The zero-order chi connectivity index (χ0) is 17.9. The molecule has 2 fully saturated rings. The molecule has 0 aromatic carbocycles. The fraction of sp³-hybridized carbons (Fsp3) is 0.667. The van der Waals surface area contributed by atoms with Crippen LogP contribution in [0.15, 0.2) is 17.2 Å². The van der Waals surface area contributed by atoms with E-state index >= 15 is 0 Å². The van der Waals surface area contributed by atoms with Gasteiger partial charge < -0.3 is 9.80 Å². The van der Waals surface area contributed by atoms with Gasteiger partial charge in [-0.3, -0.25) is 5.32 Å². The van der Waals surface area contributed by atoms with Gasteiger partial charge in [0.05, 0.1) is 5.03 Å². The zero-order valence-corrected chi connectivity index (χ0v) is 17.2. The first-order valence-corrected chi connectivity index (χ1v) is 11.1.